The predicted molar refractivity (Wildman–Crippen MR) is 98.8 cm³/mol. The number of hydrogen-bond acceptors (Lipinski definition) is 2. The Morgan fingerprint density at radius 1 is 1.25 bits per heavy atom. The highest BCUT2D eigenvalue weighted by Crippen LogP contribution is 2.24. The average molecular weight is 414 g/mol. The van der Waals surface area contributed by atoms with E-state index in [1.54, 1.807) is 6.07 Å². The molecule has 1 saturated heterocycles. The minimum Gasteiger partial charge on any atom is -0.333 e. The average Bonchev–Trinajstić information content (AvgIpc) is 2.55. The summed E-state index contributed by atoms with van der Waals surface area (Å²) in [5.74, 6) is -0.202. The van der Waals surface area contributed by atoms with Gasteiger partial charge in [0.15, 0.2) is 0 Å². The third-order valence-electron chi connectivity index (χ3n) is 4.04. The van der Waals surface area contributed by atoms with Crippen LogP contribution in [-0.4, -0.2) is 30.4 Å². The maximum absolute atomic E-state index is 13.5. The van der Waals surface area contributed by atoms with Gasteiger partial charge in [0.1, 0.15) is 5.82 Å². The first-order valence-electron chi connectivity index (χ1n) is 7.63. The molecule has 6 heteroatoms. The van der Waals surface area contributed by atoms with Gasteiger partial charge in [-0.3, -0.25) is 4.79 Å². The highest BCUT2D eigenvalue weighted by Gasteiger charge is 2.27. The monoisotopic (exact) mass is 412 g/mol. The van der Waals surface area contributed by atoms with Crippen LogP contribution in [0.3, 0.4) is 0 Å². The van der Waals surface area contributed by atoms with Crippen LogP contribution in [0, 0.1) is 5.82 Å². The summed E-state index contributed by atoms with van der Waals surface area (Å²) < 4.78 is 14.5. The van der Waals surface area contributed by atoms with Crippen molar-refractivity contribution in [3.05, 3.63) is 69.9 Å². The van der Waals surface area contributed by atoms with Crippen molar-refractivity contribution in [3.63, 3.8) is 0 Å². The molecule has 2 aromatic rings. The lowest BCUT2D eigenvalue weighted by molar-refractivity contribution is -0.133. The standard InChI is InChI=1S/C18H18BrFN2O.ClH/c19-15-5-1-3-13(9-15)10-18(23)22-8-7-21-12-17(22)14-4-2-6-16(20)11-14;/h1-6,9,11,17,21H,7-8,10,12H2;1H. The van der Waals surface area contributed by atoms with Crippen molar-refractivity contribution in [3.8, 4) is 0 Å². The fourth-order valence-corrected chi connectivity index (χ4v) is 3.38. The second kappa shape index (κ2) is 8.60. The summed E-state index contributed by atoms with van der Waals surface area (Å²) in [6.45, 7) is 2.04. The number of amides is 1. The van der Waals surface area contributed by atoms with Crippen LogP contribution in [0.25, 0.3) is 0 Å². The summed E-state index contributed by atoms with van der Waals surface area (Å²) in [7, 11) is 0. The summed E-state index contributed by atoms with van der Waals surface area (Å²) in [6, 6.07) is 14.1. The molecule has 1 unspecified atom stereocenters. The smallest absolute Gasteiger partial charge is 0.227 e. The van der Waals surface area contributed by atoms with Crippen molar-refractivity contribution >= 4 is 34.2 Å². The van der Waals surface area contributed by atoms with E-state index in [0.717, 1.165) is 22.1 Å². The molecule has 0 aromatic heterocycles. The van der Waals surface area contributed by atoms with E-state index in [2.05, 4.69) is 21.2 Å². The Kier molecular flexibility index (Phi) is 6.78. The molecule has 128 valence electrons. The van der Waals surface area contributed by atoms with Gasteiger partial charge in [0.25, 0.3) is 0 Å². The van der Waals surface area contributed by atoms with Gasteiger partial charge in [-0.1, -0.05) is 40.2 Å². The lowest BCUT2D eigenvalue weighted by Gasteiger charge is -2.36. The largest absolute Gasteiger partial charge is 0.333 e. The molecule has 0 aliphatic carbocycles. The molecule has 1 amide bonds. The number of piperazine rings is 1. The fraction of sp³-hybridized carbons (Fsp3) is 0.278. The molecule has 0 saturated carbocycles. The normalized spacial score (nSPS) is 17.2. The number of carbonyl (C=O) groups is 1. The molecule has 3 nitrogen and oxygen atoms in total. The molecule has 1 fully saturated rings. The number of rotatable bonds is 3. The summed E-state index contributed by atoms with van der Waals surface area (Å²) >= 11 is 3.43. The van der Waals surface area contributed by atoms with Crippen molar-refractivity contribution < 1.29 is 9.18 Å². The van der Waals surface area contributed by atoms with Gasteiger partial charge in [0.2, 0.25) is 5.91 Å². The van der Waals surface area contributed by atoms with Crippen LogP contribution in [0.5, 0.6) is 0 Å². The van der Waals surface area contributed by atoms with Gasteiger partial charge in [-0.05, 0) is 35.4 Å². The quantitative estimate of drug-likeness (QED) is 0.832. The number of benzene rings is 2. The van der Waals surface area contributed by atoms with Gasteiger partial charge in [-0.25, -0.2) is 4.39 Å². The number of carbonyl (C=O) groups excluding carboxylic acids is 1. The number of hydrogen-bond donors (Lipinski definition) is 1. The van der Waals surface area contributed by atoms with Crippen molar-refractivity contribution in [1.82, 2.24) is 10.2 Å². The van der Waals surface area contributed by atoms with E-state index in [4.69, 9.17) is 0 Å². The lowest BCUT2D eigenvalue weighted by Crippen LogP contribution is -2.49. The lowest BCUT2D eigenvalue weighted by atomic mass is 10.0. The second-order valence-electron chi connectivity index (χ2n) is 5.67. The van der Waals surface area contributed by atoms with Gasteiger partial charge in [-0.15, -0.1) is 12.4 Å². The van der Waals surface area contributed by atoms with Crippen molar-refractivity contribution in [1.29, 1.82) is 0 Å². The third kappa shape index (κ3) is 4.56. The van der Waals surface area contributed by atoms with E-state index >= 15 is 0 Å². The molecule has 0 spiro atoms. The van der Waals surface area contributed by atoms with E-state index < -0.39 is 0 Å². The Morgan fingerprint density at radius 3 is 2.79 bits per heavy atom. The van der Waals surface area contributed by atoms with Crippen LogP contribution in [0.2, 0.25) is 0 Å². The van der Waals surface area contributed by atoms with Crippen molar-refractivity contribution in [2.75, 3.05) is 19.6 Å². The molecular weight excluding hydrogens is 395 g/mol. The number of nitrogens with one attached hydrogen (secondary N) is 1. The van der Waals surface area contributed by atoms with Crippen LogP contribution < -0.4 is 5.32 Å². The van der Waals surface area contributed by atoms with Gasteiger partial charge < -0.3 is 10.2 Å². The van der Waals surface area contributed by atoms with E-state index in [1.165, 1.54) is 12.1 Å². The number of halogens is 3. The predicted octanol–water partition coefficient (Wildman–Crippen LogP) is 3.73. The Hall–Kier alpha value is -1.43. The third-order valence-corrected chi connectivity index (χ3v) is 4.53. The minimum absolute atomic E-state index is 0. The van der Waals surface area contributed by atoms with Crippen LogP contribution in [0.4, 0.5) is 4.39 Å². The zero-order chi connectivity index (χ0) is 16.2. The first-order valence-corrected chi connectivity index (χ1v) is 8.43. The van der Waals surface area contributed by atoms with Crippen LogP contribution in [0.15, 0.2) is 53.0 Å². The van der Waals surface area contributed by atoms with Crippen molar-refractivity contribution in [2.45, 2.75) is 12.5 Å². The van der Waals surface area contributed by atoms with Gasteiger partial charge in [0, 0.05) is 24.1 Å². The highest BCUT2D eigenvalue weighted by atomic mass is 79.9. The number of nitrogens with zero attached hydrogens (tertiary/aromatic N) is 1. The molecule has 0 bridgehead atoms. The van der Waals surface area contributed by atoms with Gasteiger partial charge in [0.05, 0.1) is 12.5 Å². The summed E-state index contributed by atoms with van der Waals surface area (Å²) in [5, 5.41) is 3.29. The fourth-order valence-electron chi connectivity index (χ4n) is 2.94. The molecular formula is C18H19BrClFN2O. The van der Waals surface area contributed by atoms with Crippen molar-refractivity contribution in [2.24, 2.45) is 0 Å². The zero-order valence-electron chi connectivity index (χ0n) is 13.0. The van der Waals surface area contributed by atoms with E-state index in [-0.39, 0.29) is 30.2 Å². The molecule has 24 heavy (non-hydrogen) atoms. The zero-order valence-corrected chi connectivity index (χ0v) is 15.4. The summed E-state index contributed by atoms with van der Waals surface area (Å²) in [5.41, 5.74) is 1.81. The molecule has 2 aromatic carbocycles. The maximum atomic E-state index is 13.5. The van der Waals surface area contributed by atoms with E-state index in [9.17, 15) is 9.18 Å². The van der Waals surface area contributed by atoms with E-state index in [1.807, 2.05) is 35.2 Å². The Labute approximate surface area is 155 Å². The van der Waals surface area contributed by atoms with Crippen LogP contribution >= 0.6 is 28.3 Å². The van der Waals surface area contributed by atoms with Crippen LogP contribution in [0.1, 0.15) is 17.2 Å². The first-order chi connectivity index (χ1) is 11.1. The Morgan fingerprint density at radius 2 is 2.04 bits per heavy atom. The SMILES string of the molecule is Cl.O=C(Cc1cccc(Br)c1)N1CCNCC1c1cccc(F)c1. The van der Waals surface area contributed by atoms with Crippen LogP contribution in [-0.2, 0) is 11.2 Å². The summed E-state index contributed by atoms with van der Waals surface area (Å²) in [4.78, 5) is 14.6. The first kappa shape index (κ1) is 18.9. The molecule has 1 N–H and O–H groups in total. The van der Waals surface area contributed by atoms with Gasteiger partial charge >= 0.3 is 0 Å². The van der Waals surface area contributed by atoms with Gasteiger partial charge in [-0.2, -0.15) is 0 Å². The molecule has 1 atom stereocenters. The topological polar surface area (TPSA) is 32.3 Å². The Balaban J connectivity index is 0.00000208. The molecule has 1 aliphatic rings. The summed E-state index contributed by atoms with van der Waals surface area (Å²) in [6.07, 6.45) is 0.352. The minimum atomic E-state index is -0.271. The molecule has 1 aliphatic heterocycles. The molecule has 3 rings (SSSR count). The molecule has 1 heterocycles. The second-order valence-corrected chi connectivity index (χ2v) is 6.58. The Bertz CT molecular complexity index is 713. The highest BCUT2D eigenvalue weighted by molar-refractivity contribution is 9.10. The maximum Gasteiger partial charge on any atom is 0.227 e. The molecule has 0 radical (unpaired) electrons. The van der Waals surface area contributed by atoms with E-state index in [0.29, 0.717) is 19.5 Å².